The first-order valence-electron chi connectivity index (χ1n) is 6.84. The van der Waals surface area contributed by atoms with E-state index in [1.165, 1.54) is 0 Å². The lowest BCUT2D eigenvalue weighted by Gasteiger charge is -2.43. The van der Waals surface area contributed by atoms with Crippen LogP contribution in [0.1, 0.15) is 39.5 Å². The molecule has 0 amide bonds. The molecule has 1 aliphatic heterocycles. The highest BCUT2D eigenvalue weighted by molar-refractivity contribution is 4.87. The molecule has 1 unspecified atom stereocenters. The van der Waals surface area contributed by atoms with E-state index in [2.05, 4.69) is 23.6 Å². The van der Waals surface area contributed by atoms with Crippen LogP contribution in [0.15, 0.2) is 0 Å². The van der Waals surface area contributed by atoms with E-state index in [0.717, 1.165) is 32.6 Å². The molecule has 2 aliphatic rings. The summed E-state index contributed by atoms with van der Waals surface area (Å²) in [5.41, 5.74) is 0. The van der Waals surface area contributed by atoms with Gasteiger partial charge in [0.2, 0.25) is 5.92 Å². The van der Waals surface area contributed by atoms with Crippen molar-refractivity contribution in [2.75, 3.05) is 26.2 Å². The minimum absolute atomic E-state index is 0.0781. The number of hydrogen-bond donors (Lipinski definition) is 0. The molecule has 1 heterocycles. The van der Waals surface area contributed by atoms with Crippen LogP contribution in [0.5, 0.6) is 0 Å². The Hall–Kier alpha value is -0.220. The van der Waals surface area contributed by atoms with Gasteiger partial charge in [0.15, 0.2) is 0 Å². The Morgan fingerprint density at radius 1 is 1.12 bits per heavy atom. The minimum atomic E-state index is -2.42. The maximum absolute atomic E-state index is 13.4. The lowest BCUT2D eigenvalue weighted by molar-refractivity contribution is -0.0699. The van der Waals surface area contributed by atoms with Crippen molar-refractivity contribution in [3.05, 3.63) is 0 Å². The average molecular weight is 246 g/mol. The lowest BCUT2D eigenvalue weighted by Crippen LogP contribution is -2.53. The van der Waals surface area contributed by atoms with Gasteiger partial charge in [-0.2, -0.15) is 0 Å². The molecule has 1 aliphatic carbocycles. The van der Waals surface area contributed by atoms with Gasteiger partial charge in [-0.05, 0) is 26.7 Å². The van der Waals surface area contributed by atoms with Gasteiger partial charge in [0, 0.05) is 51.1 Å². The summed E-state index contributed by atoms with van der Waals surface area (Å²) >= 11 is 0. The third-order valence-corrected chi connectivity index (χ3v) is 4.21. The van der Waals surface area contributed by atoms with Gasteiger partial charge in [-0.25, -0.2) is 8.78 Å². The maximum Gasteiger partial charge on any atom is 0.249 e. The van der Waals surface area contributed by atoms with E-state index >= 15 is 0 Å². The molecule has 100 valence electrons. The summed E-state index contributed by atoms with van der Waals surface area (Å²) in [5.74, 6) is -2.42. The molecule has 1 saturated carbocycles. The fraction of sp³-hybridized carbons (Fsp3) is 1.00. The van der Waals surface area contributed by atoms with Crippen LogP contribution in [0.2, 0.25) is 0 Å². The van der Waals surface area contributed by atoms with Gasteiger partial charge in [0.1, 0.15) is 0 Å². The molecule has 4 heteroatoms. The highest BCUT2D eigenvalue weighted by Crippen LogP contribution is 2.35. The van der Waals surface area contributed by atoms with E-state index in [0.29, 0.717) is 12.5 Å². The van der Waals surface area contributed by atoms with Crippen molar-refractivity contribution >= 4 is 0 Å². The molecule has 0 aromatic rings. The Morgan fingerprint density at radius 3 is 2.29 bits per heavy atom. The van der Waals surface area contributed by atoms with Crippen LogP contribution in [-0.2, 0) is 0 Å². The number of piperazine rings is 1. The van der Waals surface area contributed by atoms with Crippen LogP contribution in [0.3, 0.4) is 0 Å². The fourth-order valence-corrected chi connectivity index (χ4v) is 3.08. The normalized spacial score (nSPS) is 31.9. The predicted octanol–water partition coefficient (Wildman–Crippen LogP) is 2.59. The first-order chi connectivity index (χ1) is 7.98. The SMILES string of the molecule is CC(C)N1CCN(C2CCCC(F)(F)C2)CC1. The number of hydrogen-bond acceptors (Lipinski definition) is 2. The first-order valence-corrected chi connectivity index (χ1v) is 6.84. The second-order valence-corrected chi connectivity index (χ2v) is 5.77. The van der Waals surface area contributed by atoms with E-state index in [1.807, 2.05) is 0 Å². The van der Waals surface area contributed by atoms with Crippen molar-refractivity contribution in [3.63, 3.8) is 0 Å². The van der Waals surface area contributed by atoms with Crippen molar-refractivity contribution in [2.45, 2.75) is 57.5 Å². The van der Waals surface area contributed by atoms with Crippen LogP contribution in [0.4, 0.5) is 8.78 Å². The van der Waals surface area contributed by atoms with Crippen LogP contribution >= 0.6 is 0 Å². The lowest BCUT2D eigenvalue weighted by atomic mass is 9.90. The Kier molecular flexibility index (Phi) is 4.03. The molecule has 2 rings (SSSR count). The zero-order valence-corrected chi connectivity index (χ0v) is 11.0. The zero-order valence-electron chi connectivity index (χ0n) is 11.0. The van der Waals surface area contributed by atoms with Gasteiger partial charge in [-0.15, -0.1) is 0 Å². The molecule has 17 heavy (non-hydrogen) atoms. The van der Waals surface area contributed by atoms with Crippen molar-refractivity contribution in [1.29, 1.82) is 0 Å². The fourth-order valence-electron chi connectivity index (χ4n) is 3.08. The molecule has 2 nitrogen and oxygen atoms in total. The summed E-state index contributed by atoms with van der Waals surface area (Å²) in [4.78, 5) is 4.71. The highest BCUT2D eigenvalue weighted by Gasteiger charge is 2.39. The predicted molar refractivity (Wildman–Crippen MR) is 65.5 cm³/mol. The monoisotopic (exact) mass is 246 g/mol. The zero-order chi connectivity index (χ0) is 12.5. The minimum Gasteiger partial charge on any atom is -0.298 e. The summed E-state index contributed by atoms with van der Waals surface area (Å²) < 4.78 is 26.8. The standard InChI is InChI=1S/C13H24F2N2/c1-11(2)16-6-8-17(9-7-16)12-4-3-5-13(14,15)10-12/h11-12H,3-10H2,1-2H3. The number of alkyl halides is 2. The van der Waals surface area contributed by atoms with Gasteiger partial charge >= 0.3 is 0 Å². The van der Waals surface area contributed by atoms with E-state index in [1.54, 1.807) is 0 Å². The van der Waals surface area contributed by atoms with E-state index in [-0.39, 0.29) is 18.9 Å². The summed E-state index contributed by atoms with van der Waals surface area (Å²) in [6, 6.07) is 0.693. The van der Waals surface area contributed by atoms with Crippen LogP contribution < -0.4 is 0 Å². The number of rotatable bonds is 2. The Balaban J connectivity index is 1.84. The van der Waals surface area contributed by atoms with Crippen LogP contribution in [-0.4, -0.2) is 54.0 Å². The summed E-state index contributed by atoms with van der Waals surface area (Å²) in [6.07, 6.45) is 1.81. The van der Waals surface area contributed by atoms with E-state index in [4.69, 9.17) is 0 Å². The first kappa shape index (κ1) is 13.2. The third-order valence-electron chi connectivity index (χ3n) is 4.21. The van der Waals surface area contributed by atoms with Crippen LogP contribution in [0, 0.1) is 0 Å². The molecule has 0 spiro atoms. The smallest absolute Gasteiger partial charge is 0.249 e. The Morgan fingerprint density at radius 2 is 1.76 bits per heavy atom. The van der Waals surface area contributed by atoms with Crippen molar-refractivity contribution in [2.24, 2.45) is 0 Å². The van der Waals surface area contributed by atoms with Gasteiger partial charge in [-0.3, -0.25) is 9.80 Å². The molecule has 0 aromatic carbocycles. The molecule has 1 atom stereocenters. The summed E-state index contributed by atoms with van der Waals surface area (Å²) in [7, 11) is 0. The molecular formula is C13H24F2N2. The molecule has 0 bridgehead atoms. The summed E-state index contributed by atoms with van der Waals surface area (Å²) in [6.45, 7) is 8.37. The van der Waals surface area contributed by atoms with Gasteiger partial charge in [0.25, 0.3) is 0 Å². The molecule has 0 N–H and O–H groups in total. The Labute approximate surface area is 103 Å². The Bertz CT molecular complexity index is 248. The van der Waals surface area contributed by atoms with Crippen LogP contribution in [0.25, 0.3) is 0 Å². The van der Waals surface area contributed by atoms with Crippen molar-refractivity contribution < 1.29 is 8.78 Å². The third kappa shape index (κ3) is 3.38. The molecule has 1 saturated heterocycles. The molecular weight excluding hydrogens is 222 g/mol. The highest BCUT2D eigenvalue weighted by atomic mass is 19.3. The topological polar surface area (TPSA) is 6.48 Å². The van der Waals surface area contributed by atoms with Gasteiger partial charge < -0.3 is 0 Å². The van der Waals surface area contributed by atoms with Gasteiger partial charge in [0.05, 0.1) is 0 Å². The van der Waals surface area contributed by atoms with Crippen molar-refractivity contribution in [1.82, 2.24) is 9.80 Å². The van der Waals surface area contributed by atoms with E-state index in [9.17, 15) is 8.78 Å². The number of nitrogens with zero attached hydrogens (tertiary/aromatic N) is 2. The van der Waals surface area contributed by atoms with Gasteiger partial charge in [-0.1, -0.05) is 0 Å². The molecule has 0 radical (unpaired) electrons. The number of halogens is 2. The quantitative estimate of drug-likeness (QED) is 0.739. The maximum atomic E-state index is 13.4. The van der Waals surface area contributed by atoms with Crippen molar-refractivity contribution in [3.8, 4) is 0 Å². The average Bonchev–Trinajstić information content (AvgIpc) is 2.28. The second-order valence-electron chi connectivity index (χ2n) is 5.77. The largest absolute Gasteiger partial charge is 0.298 e. The second kappa shape index (κ2) is 5.19. The van der Waals surface area contributed by atoms with E-state index < -0.39 is 5.92 Å². The molecule has 2 fully saturated rings. The summed E-state index contributed by atoms with van der Waals surface area (Å²) in [5, 5.41) is 0. The molecule has 0 aromatic heterocycles.